The van der Waals surface area contributed by atoms with E-state index in [1.165, 1.54) is 94.8 Å². The first kappa shape index (κ1) is 106. The van der Waals surface area contributed by atoms with Crippen LogP contribution >= 0.6 is 0 Å². The predicted molar refractivity (Wildman–Crippen MR) is 459 cm³/mol. The van der Waals surface area contributed by atoms with Crippen LogP contribution in [0.3, 0.4) is 0 Å². The lowest BCUT2D eigenvalue weighted by Gasteiger charge is -2.36. The molecule has 2 aliphatic rings. The van der Waals surface area contributed by atoms with Crippen LogP contribution in [0.15, 0.2) is 67.1 Å². The van der Waals surface area contributed by atoms with Crippen LogP contribution in [0.1, 0.15) is 170 Å². The Bertz CT molecular complexity index is 5040. The highest BCUT2D eigenvalue weighted by Crippen LogP contribution is 2.57. The van der Waals surface area contributed by atoms with E-state index in [1.54, 1.807) is 20.8 Å². The van der Waals surface area contributed by atoms with Gasteiger partial charge in [0, 0.05) is 79.9 Å². The number of carbonyl (C=O) groups is 21. The molecule has 0 aliphatic carbocycles. The van der Waals surface area contributed by atoms with Crippen molar-refractivity contribution < 1.29 is 136 Å². The van der Waals surface area contributed by atoms with Gasteiger partial charge in [-0.05, 0) is 121 Å². The fourth-order valence-electron chi connectivity index (χ4n) is 13.4. The number of imidazole rings is 1. The van der Waals surface area contributed by atoms with Crippen molar-refractivity contribution in [3.05, 3.63) is 101 Å². The van der Waals surface area contributed by atoms with Gasteiger partial charge in [-0.25, -0.2) is 24.4 Å². The quantitative estimate of drug-likeness (QED) is 0.00644. The Morgan fingerprint density at radius 2 is 0.970 bits per heavy atom. The van der Waals surface area contributed by atoms with E-state index < -0.39 is 272 Å². The van der Waals surface area contributed by atoms with Gasteiger partial charge in [-0.2, -0.15) is 0 Å². The third-order valence-electron chi connectivity index (χ3n) is 20.9. The van der Waals surface area contributed by atoms with Crippen LogP contribution in [-0.4, -0.2) is 270 Å². The zero-order valence-corrected chi connectivity index (χ0v) is 74.0. The molecule has 14 atom stereocenters. The highest BCUT2D eigenvalue weighted by molar-refractivity contribution is 6.04. The lowest BCUT2D eigenvalue weighted by molar-refractivity contribution is -0.142. The standard InChI is InChI=1S/C82H111N23O28/c1-11-36(4)64(77(127)101-55(31-59(84)109)75(125)99-51(21-24-61(111)112)72(122)92-37(5)65(115)89-33-60(110)96-53(78(128)129)13-12-26-88-80(85)86)103-73(123)52(22-25-62(113)114)97-67(117)40(8)95-81(131)105(10)104-69(119)41(9)91-66(116)38(6)94-74(124)54(28-43-32-87-34-90-43)100-76(126)63(35(2)3)102-68(118)39(7)93-71(121)50(20-23-58(83)108)98-70(120)42-14-17-46-49(27-42)82(133-79(46)130)47-18-15-44(106)29-56(47)132-57-30-45(107)16-19-48(57)82/h14-19,27,29-30,32,34-41,50-55,63-64,106-107H,11-13,20-26,28,31,33H2,1-10H3,(H2,83,108)(H2,84,109)(H,87,90)(H,89,115)(H,91,116)(H,92,122)(H,93,121)(H,94,124)(H,95,131)(H,96,110)(H,97,117)(H,98,120)(H,99,125)(H,100,126)(H,101,127)(H,102,118)(H,103,123)(H,104,119)(H,111,112)(H,113,114)(H,128,129)(H4,85,86,88)/t36-,37-,38-,39-,40-,41-,50-,51-,52-,53-,54-,55-,63-,64-/m0/s1. The Kier molecular flexibility index (Phi) is 38.7. The lowest BCUT2D eigenvalue weighted by Crippen LogP contribution is -2.61. The number of nitrogens with one attached hydrogen (secondary N) is 18. The van der Waals surface area contributed by atoms with Gasteiger partial charge in [0.25, 0.3) is 11.8 Å². The number of esters is 1. The number of aromatic nitrogens is 2. The van der Waals surface area contributed by atoms with Gasteiger partial charge in [-0.3, -0.25) is 97.1 Å². The molecule has 0 saturated carbocycles. The van der Waals surface area contributed by atoms with Gasteiger partial charge >= 0.3 is 29.9 Å². The molecule has 3 heterocycles. The van der Waals surface area contributed by atoms with E-state index in [2.05, 4.69) is 95.1 Å². The van der Waals surface area contributed by atoms with Crippen LogP contribution in [-0.2, 0) is 103 Å². The van der Waals surface area contributed by atoms with Crippen molar-refractivity contribution in [2.24, 2.45) is 29.0 Å². The Morgan fingerprint density at radius 3 is 1.50 bits per heavy atom. The number of guanidine groups is 1. The van der Waals surface area contributed by atoms with E-state index in [4.69, 9.17) is 32.1 Å². The normalized spacial score (nSPS) is 15.0. The summed E-state index contributed by atoms with van der Waals surface area (Å²) in [7, 11) is 1.01. The molecular formula is C82H111N23O28. The molecule has 29 N–H and O–H groups in total. The first-order valence-corrected chi connectivity index (χ1v) is 41.7. The number of primary amides is 2. The number of nitrogens with zero attached hydrogens (tertiary/aromatic N) is 2. The molecule has 51 nitrogen and oxygen atoms in total. The predicted octanol–water partition coefficient (Wildman–Crippen LogP) is -5.76. The molecule has 133 heavy (non-hydrogen) atoms. The number of hydrogen-bond donors (Lipinski definition) is 26. The molecule has 2 aliphatic heterocycles. The monoisotopic (exact) mass is 1870 g/mol. The minimum atomic E-state index is -1.98. The van der Waals surface area contributed by atoms with Crippen molar-refractivity contribution in [3.63, 3.8) is 0 Å². The summed E-state index contributed by atoms with van der Waals surface area (Å²) in [6.45, 7) is 11.3. The molecule has 0 unspecified atom stereocenters. The topological polar surface area (TPSA) is 804 Å². The summed E-state index contributed by atoms with van der Waals surface area (Å²) in [5.74, 6) is -24.4. The van der Waals surface area contributed by atoms with Crippen LogP contribution in [0.4, 0.5) is 4.79 Å². The molecule has 4 aromatic rings. The van der Waals surface area contributed by atoms with Crippen molar-refractivity contribution >= 4 is 130 Å². The van der Waals surface area contributed by atoms with Crippen LogP contribution in [0.5, 0.6) is 23.0 Å². The fraction of sp³-hybridized carbons (Fsp3) is 0.476. The van der Waals surface area contributed by atoms with Gasteiger partial charge in [0.05, 0.1) is 30.6 Å². The number of phenolic OH excluding ortho intramolecular Hbond substituents is 2. The van der Waals surface area contributed by atoms with Gasteiger partial charge in [0.1, 0.15) is 102 Å². The zero-order valence-electron chi connectivity index (χ0n) is 74.0. The first-order chi connectivity index (χ1) is 62.4. The second kappa shape index (κ2) is 48.6. The summed E-state index contributed by atoms with van der Waals surface area (Å²) in [6.07, 6.45) is -2.22. The number of fused-ring (bicyclic) bond motifs is 6. The average molecular weight is 1870 g/mol. The summed E-state index contributed by atoms with van der Waals surface area (Å²) < 4.78 is 12.1. The van der Waals surface area contributed by atoms with Crippen LogP contribution in [0, 0.1) is 17.2 Å². The largest absolute Gasteiger partial charge is 0.508 e. The summed E-state index contributed by atoms with van der Waals surface area (Å²) in [6, 6.07) is -10.0. The number of benzene rings is 3. The van der Waals surface area contributed by atoms with Crippen molar-refractivity contribution in [2.45, 2.75) is 217 Å². The van der Waals surface area contributed by atoms with E-state index in [0.29, 0.717) is 5.01 Å². The van der Waals surface area contributed by atoms with Gasteiger partial charge in [-0.1, -0.05) is 34.1 Å². The maximum atomic E-state index is 14.3. The molecular weight excluding hydrogens is 1760 g/mol. The molecule has 1 aromatic heterocycles. The Hall–Kier alpha value is -15.8. The Labute approximate surface area is 758 Å². The van der Waals surface area contributed by atoms with Crippen LogP contribution in [0.25, 0.3) is 0 Å². The number of nitrogens with two attached hydrogens (primary N) is 3. The van der Waals surface area contributed by atoms with Crippen molar-refractivity contribution in [1.29, 1.82) is 5.41 Å². The highest BCUT2D eigenvalue weighted by atomic mass is 16.6. The van der Waals surface area contributed by atoms with Gasteiger partial charge in [0.15, 0.2) is 11.6 Å². The number of carboxylic acid groups (broad SMARTS) is 3. The second-order valence-corrected chi connectivity index (χ2v) is 31.8. The summed E-state index contributed by atoms with van der Waals surface area (Å²) in [5.41, 5.74) is 17.3. The lowest BCUT2D eigenvalue weighted by atomic mass is 9.77. The Balaban J connectivity index is 1.03. The Morgan fingerprint density at radius 1 is 0.496 bits per heavy atom. The number of carboxylic acids is 3. The number of hydrogen-bond acceptors (Lipinski definition) is 27. The van der Waals surface area contributed by atoms with Crippen molar-refractivity contribution in [2.75, 3.05) is 20.1 Å². The molecule has 6 rings (SSSR count). The number of ether oxygens (including phenoxy) is 2. The summed E-state index contributed by atoms with van der Waals surface area (Å²) in [5, 5.41) is 92.6. The van der Waals surface area contributed by atoms with Crippen molar-refractivity contribution in [1.82, 2.24) is 100 Å². The number of aromatic hydroxyl groups is 2. The molecule has 3 aromatic carbocycles. The van der Waals surface area contributed by atoms with Crippen molar-refractivity contribution in [3.8, 4) is 23.0 Å². The van der Waals surface area contributed by atoms with E-state index in [1.807, 2.05) is 0 Å². The first-order valence-electron chi connectivity index (χ1n) is 41.7. The van der Waals surface area contributed by atoms with Crippen LogP contribution in [0.2, 0.25) is 0 Å². The van der Waals surface area contributed by atoms with Crippen LogP contribution < -0.4 is 107 Å². The number of rotatable bonds is 49. The smallest absolute Gasteiger partial charge is 0.340 e. The molecule has 0 bridgehead atoms. The fourth-order valence-corrected chi connectivity index (χ4v) is 13.4. The molecule has 0 fully saturated rings. The number of hydrazine groups is 1. The number of H-pyrrole nitrogens is 1. The maximum absolute atomic E-state index is 14.3. The third kappa shape index (κ3) is 30.7. The minimum absolute atomic E-state index is 0.0302. The SMILES string of the molecule is CC[C@H](C)[C@H](NC(=O)[C@H](CCC(=O)O)NC(=O)[C@H](C)NC(=O)N(C)NC(=O)[C@H](C)NC(=O)[C@H](C)NC(=O)[C@H](Cc1c[nH]cn1)NC(=O)[C@@H](NC(=O)[C@H](C)NC(=O)[C@H](CCC(N)=O)NC(=O)c1ccc2c(c1)C1(OC2=O)c2ccc(O)cc2Oc2cc(O)ccc21)C(C)C)C(=O)N[C@@H](CC(N)=O)C(=O)N[C@@H](CCC(=O)O)C(=O)N[C@@H](C)C(=O)NCC(=O)N[C@@H](CCCNC(=N)N)C(=O)O. The van der Waals surface area contributed by atoms with Gasteiger partial charge in [-0.15, -0.1) is 0 Å². The van der Waals surface area contributed by atoms with Gasteiger partial charge in [0.2, 0.25) is 82.7 Å². The number of amides is 18. The highest BCUT2D eigenvalue weighted by Gasteiger charge is 2.54. The average Bonchev–Trinajstić information content (AvgIpc) is 1.57. The molecule has 0 radical (unpaired) electrons. The number of aromatic amines is 1. The second-order valence-electron chi connectivity index (χ2n) is 31.8. The van der Waals surface area contributed by atoms with Gasteiger partial charge < -0.3 is 137 Å². The number of urea groups is 1. The molecule has 722 valence electrons. The minimum Gasteiger partial charge on any atom is -0.508 e. The van der Waals surface area contributed by atoms with E-state index in [9.17, 15) is 126 Å². The van der Waals surface area contributed by atoms with E-state index >= 15 is 0 Å². The number of phenols is 2. The molecule has 18 amide bonds. The van der Waals surface area contributed by atoms with E-state index in [0.717, 1.165) is 20.9 Å². The number of carbonyl (C=O) groups excluding carboxylic acids is 18. The maximum Gasteiger partial charge on any atom is 0.340 e. The molecule has 51 heteroatoms. The molecule has 0 saturated heterocycles. The zero-order chi connectivity index (χ0) is 99.3. The third-order valence-corrected chi connectivity index (χ3v) is 20.9. The van der Waals surface area contributed by atoms with E-state index in [-0.39, 0.29) is 94.7 Å². The molecule has 1 spiro atoms. The number of aliphatic carboxylic acids is 3. The summed E-state index contributed by atoms with van der Waals surface area (Å²) in [4.78, 5) is 287. The summed E-state index contributed by atoms with van der Waals surface area (Å²) >= 11 is 0.